The predicted octanol–water partition coefficient (Wildman–Crippen LogP) is 0.426. The van der Waals surface area contributed by atoms with Gasteiger partial charge in [0.25, 0.3) is 5.56 Å². The SMILES string of the molecule is C#Cc1c(SC)n(CC=C)c(=O)[nH]c1=O. The maximum Gasteiger partial charge on any atom is 0.329 e. The quantitative estimate of drug-likeness (QED) is 0.349. The molecule has 0 amide bonds. The molecule has 15 heavy (non-hydrogen) atoms. The summed E-state index contributed by atoms with van der Waals surface area (Å²) >= 11 is 1.27. The Labute approximate surface area is 91.0 Å². The van der Waals surface area contributed by atoms with Crippen molar-refractivity contribution in [2.24, 2.45) is 0 Å². The highest BCUT2D eigenvalue weighted by Gasteiger charge is 2.10. The lowest BCUT2D eigenvalue weighted by atomic mass is 10.3. The van der Waals surface area contributed by atoms with Gasteiger partial charge < -0.3 is 0 Å². The van der Waals surface area contributed by atoms with Crippen LogP contribution in [0.25, 0.3) is 0 Å². The third kappa shape index (κ3) is 2.05. The van der Waals surface area contributed by atoms with Crippen LogP contribution in [0.2, 0.25) is 0 Å². The van der Waals surface area contributed by atoms with E-state index in [1.54, 1.807) is 12.3 Å². The standard InChI is InChI=1S/C10H10N2O2S/c1-4-6-12-9(15-3)7(5-2)8(13)11-10(12)14/h2,4H,1,6H2,3H3,(H,11,13,14). The molecule has 78 valence electrons. The zero-order valence-electron chi connectivity index (χ0n) is 8.24. The molecular weight excluding hydrogens is 212 g/mol. The van der Waals surface area contributed by atoms with Crippen LogP contribution in [0.4, 0.5) is 0 Å². The van der Waals surface area contributed by atoms with Crippen LogP contribution in [0.3, 0.4) is 0 Å². The van der Waals surface area contributed by atoms with E-state index in [-0.39, 0.29) is 5.56 Å². The molecule has 1 aromatic heterocycles. The summed E-state index contributed by atoms with van der Waals surface area (Å²) in [5.41, 5.74) is -0.806. The molecule has 0 spiro atoms. The van der Waals surface area contributed by atoms with E-state index in [0.29, 0.717) is 11.6 Å². The first-order chi connectivity index (χ1) is 7.15. The molecule has 0 aliphatic carbocycles. The molecule has 0 saturated heterocycles. The van der Waals surface area contributed by atoms with Crippen molar-refractivity contribution < 1.29 is 0 Å². The van der Waals surface area contributed by atoms with Crippen molar-refractivity contribution in [3.05, 3.63) is 39.1 Å². The molecule has 0 radical (unpaired) electrons. The topological polar surface area (TPSA) is 54.9 Å². The molecule has 4 nitrogen and oxygen atoms in total. The zero-order valence-corrected chi connectivity index (χ0v) is 9.06. The number of aromatic nitrogens is 2. The molecule has 0 aromatic carbocycles. The average molecular weight is 222 g/mol. The predicted molar refractivity (Wildman–Crippen MR) is 61.2 cm³/mol. The van der Waals surface area contributed by atoms with Gasteiger partial charge in [0.15, 0.2) is 0 Å². The highest BCUT2D eigenvalue weighted by atomic mass is 32.2. The highest BCUT2D eigenvalue weighted by molar-refractivity contribution is 7.98. The number of nitrogens with one attached hydrogen (secondary N) is 1. The third-order valence-corrected chi connectivity index (χ3v) is 2.61. The van der Waals surface area contributed by atoms with Gasteiger partial charge in [0.1, 0.15) is 10.6 Å². The van der Waals surface area contributed by atoms with Crippen LogP contribution >= 0.6 is 11.8 Å². The fraction of sp³-hybridized carbons (Fsp3) is 0.200. The van der Waals surface area contributed by atoms with Gasteiger partial charge in [-0.2, -0.15) is 0 Å². The maximum absolute atomic E-state index is 11.5. The van der Waals surface area contributed by atoms with E-state index in [9.17, 15) is 9.59 Å². The van der Waals surface area contributed by atoms with Crippen LogP contribution in [-0.4, -0.2) is 15.8 Å². The Morgan fingerprint density at radius 2 is 2.33 bits per heavy atom. The van der Waals surface area contributed by atoms with Gasteiger partial charge >= 0.3 is 5.69 Å². The summed E-state index contributed by atoms with van der Waals surface area (Å²) in [6, 6.07) is 0. The lowest BCUT2D eigenvalue weighted by Crippen LogP contribution is -2.32. The number of hydrogen-bond acceptors (Lipinski definition) is 3. The molecule has 1 rings (SSSR count). The molecule has 0 unspecified atom stereocenters. The fourth-order valence-electron chi connectivity index (χ4n) is 1.19. The van der Waals surface area contributed by atoms with Crippen molar-refractivity contribution in [1.82, 2.24) is 9.55 Å². The second kappa shape index (κ2) is 4.71. The Kier molecular flexibility index (Phi) is 3.58. The summed E-state index contributed by atoms with van der Waals surface area (Å²) in [5.74, 6) is 2.28. The van der Waals surface area contributed by atoms with Crippen molar-refractivity contribution in [2.45, 2.75) is 11.6 Å². The Hall–Kier alpha value is -1.67. The molecule has 0 aliphatic rings. The van der Waals surface area contributed by atoms with Crippen LogP contribution in [0.1, 0.15) is 5.56 Å². The van der Waals surface area contributed by atoms with E-state index in [2.05, 4.69) is 17.5 Å². The van der Waals surface area contributed by atoms with Gasteiger partial charge in [-0.1, -0.05) is 12.0 Å². The Balaban J connectivity index is 3.66. The molecule has 5 heteroatoms. The second-order valence-electron chi connectivity index (χ2n) is 2.69. The van der Waals surface area contributed by atoms with Gasteiger partial charge in [0.05, 0.1) is 0 Å². The van der Waals surface area contributed by atoms with Gasteiger partial charge in [0, 0.05) is 6.54 Å². The van der Waals surface area contributed by atoms with E-state index < -0.39 is 11.2 Å². The van der Waals surface area contributed by atoms with Crippen molar-refractivity contribution in [2.75, 3.05) is 6.26 Å². The van der Waals surface area contributed by atoms with E-state index in [1.165, 1.54) is 16.3 Å². The molecule has 1 heterocycles. The Bertz CT molecular complexity index is 534. The van der Waals surface area contributed by atoms with Gasteiger partial charge in [-0.3, -0.25) is 14.3 Å². The number of terminal acetylenes is 1. The number of hydrogen-bond donors (Lipinski definition) is 1. The average Bonchev–Trinajstić information content (AvgIpc) is 2.21. The minimum atomic E-state index is -0.521. The third-order valence-electron chi connectivity index (χ3n) is 1.80. The summed E-state index contributed by atoms with van der Waals surface area (Å²) in [6.45, 7) is 3.86. The van der Waals surface area contributed by atoms with Crippen molar-refractivity contribution >= 4 is 11.8 Å². The smallest absolute Gasteiger partial charge is 0.283 e. The number of rotatable bonds is 3. The summed E-state index contributed by atoms with van der Waals surface area (Å²) in [6.07, 6.45) is 8.55. The largest absolute Gasteiger partial charge is 0.329 e. The van der Waals surface area contributed by atoms with Gasteiger partial charge in [-0.25, -0.2) is 4.79 Å². The van der Waals surface area contributed by atoms with Gasteiger partial charge in [-0.05, 0) is 6.26 Å². The van der Waals surface area contributed by atoms with Crippen molar-refractivity contribution in [1.29, 1.82) is 0 Å². The van der Waals surface area contributed by atoms with Crippen molar-refractivity contribution in [3.8, 4) is 12.3 Å². The first-order valence-electron chi connectivity index (χ1n) is 4.14. The summed E-state index contributed by atoms with van der Waals surface area (Å²) < 4.78 is 1.38. The van der Waals surface area contributed by atoms with Crippen LogP contribution in [-0.2, 0) is 6.54 Å². The maximum atomic E-state index is 11.5. The molecule has 1 aromatic rings. The number of thioether (sulfide) groups is 1. The molecule has 0 bridgehead atoms. The summed E-state index contributed by atoms with van der Waals surface area (Å²) in [4.78, 5) is 25.0. The van der Waals surface area contributed by atoms with E-state index in [0.717, 1.165) is 0 Å². The summed E-state index contributed by atoms with van der Waals surface area (Å²) in [5, 5.41) is 0.492. The van der Waals surface area contributed by atoms with Crippen molar-refractivity contribution in [3.63, 3.8) is 0 Å². The number of allylic oxidation sites excluding steroid dienone is 1. The lowest BCUT2D eigenvalue weighted by Gasteiger charge is -2.09. The van der Waals surface area contributed by atoms with Crippen LogP contribution in [0.15, 0.2) is 27.3 Å². The van der Waals surface area contributed by atoms with Gasteiger partial charge in [0.2, 0.25) is 0 Å². The van der Waals surface area contributed by atoms with E-state index in [4.69, 9.17) is 6.42 Å². The monoisotopic (exact) mass is 222 g/mol. The van der Waals surface area contributed by atoms with Gasteiger partial charge in [-0.15, -0.1) is 24.8 Å². The van der Waals surface area contributed by atoms with Crippen LogP contribution in [0.5, 0.6) is 0 Å². The van der Waals surface area contributed by atoms with E-state index >= 15 is 0 Å². The number of H-pyrrole nitrogens is 1. The zero-order chi connectivity index (χ0) is 11.4. The minimum Gasteiger partial charge on any atom is -0.283 e. The second-order valence-corrected chi connectivity index (χ2v) is 3.48. The minimum absolute atomic E-state index is 0.184. The first-order valence-corrected chi connectivity index (χ1v) is 5.36. The summed E-state index contributed by atoms with van der Waals surface area (Å²) in [7, 11) is 0. The number of aromatic amines is 1. The molecule has 1 N–H and O–H groups in total. The van der Waals surface area contributed by atoms with E-state index in [1.807, 2.05) is 0 Å². The normalized spacial score (nSPS) is 9.60. The fourth-order valence-corrected chi connectivity index (χ4v) is 1.92. The Morgan fingerprint density at radius 1 is 1.67 bits per heavy atom. The molecule has 0 saturated carbocycles. The highest BCUT2D eigenvalue weighted by Crippen LogP contribution is 2.14. The first kappa shape index (κ1) is 11.4. The molecule has 0 aliphatic heterocycles. The molecule has 0 fully saturated rings. The number of nitrogens with zero attached hydrogens (tertiary/aromatic N) is 1. The Morgan fingerprint density at radius 3 is 2.80 bits per heavy atom. The van der Waals surface area contributed by atoms with Crippen LogP contribution < -0.4 is 11.2 Å². The molecule has 0 atom stereocenters. The lowest BCUT2D eigenvalue weighted by molar-refractivity contribution is 0.661. The molecular formula is C10H10N2O2S. The van der Waals surface area contributed by atoms with Crippen LogP contribution in [0, 0.1) is 12.3 Å².